The largest absolute Gasteiger partial charge is 0.368 e. The number of carbonyl (C=O) groups is 3. The highest BCUT2D eigenvalue weighted by Gasteiger charge is 2.32. The maximum absolute atomic E-state index is 12.3. The maximum Gasteiger partial charge on any atom is 0.237 e. The maximum atomic E-state index is 12.3. The predicted octanol–water partition coefficient (Wildman–Crippen LogP) is -1.83. The highest BCUT2D eigenvalue weighted by molar-refractivity contribution is 5.89. The molecule has 3 amide bonds. The Labute approximate surface area is 106 Å². The smallest absolute Gasteiger partial charge is 0.237 e. The molecule has 0 aliphatic carbocycles. The van der Waals surface area contributed by atoms with Crippen molar-refractivity contribution in [3.8, 4) is 0 Å². The molecule has 0 bridgehead atoms. The van der Waals surface area contributed by atoms with Crippen LogP contribution in [0.3, 0.4) is 0 Å². The van der Waals surface area contributed by atoms with E-state index in [0.717, 1.165) is 24.3 Å². The Morgan fingerprint density at radius 2 is 1.78 bits per heavy atom. The number of amides is 3. The van der Waals surface area contributed by atoms with Crippen LogP contribution in [-0.2, 0) is 14.4 Å². The van der Waals surface area contributed by atoms with Gasteiger partial charge in [0.15, 0.2) is 0 Å². The molecule has 1 fully saturated rings. The zero-order valence-electron chi connectivity index (χ0n) is 10.5. The van der Waals surface area contributed by atoms with Crippen LogP contribution in [0.4, 0.5) is 0 Å². The van der Waals surface area contributed by atoms with Crippen molar-refractivity contribution in [2.24, 2.45) is 17.4 Å². The topological polar surface area (TPSA) is 119 Å². The third-order valence-corrected chi connectivity index (χ3v) is 3.08. The first-order valence-corrected chi connectivity index (χ1v) is 6.00. The fourth-order valence-electron chi connectivity index (χ4n) is 2.20. The van der Waals surface area contributed by atoms with Crippen molar-refractivity contribution >= 4 is 17.7 Å². The average Bonchev–Trinajstić information content (AvgIpc) is 2.26. The van der Waals surface area contributed by atoms with Crippen molar-refractivity contribution in [1.82, 2.24) is 10.2 Å². The second-order valence-electron chi connectivity index (χ2n) is 4.62. The first-order chi connectivity index (χ1) is 8.41. The quantitative estimate of drug-likeness (QED) is 0.536. The molecule has 0 aromatic carbocycles. The lowest BCUT2D eigenvalue weighted by Gasteiger charge is -2.32. The van der Waals surface area contributed by atoms with E-state index in [1.165, 1.54) is 0 Å². The third-order valence-electron chi connectivity index (χ3n) is 3.08. The van der Waals surface area contributed by atoms with Crippen LogP contribution < -0.4 is 16.8 Å². The van der Waals surface area contributed by atoms with Gasteiger partial charge in [-0.3, -0.25) is 14.4 Å². The molecular weight excluding hydrogens is 236 g/mol. The monoisotopic (exact) mass is 256 g/mol. The van der Waals surface area contributed by atoms with Gasteiger partial charge in [-0.05, 0) is 26.3 Å². The number of carbonyl (C=O) groups excluding carboxylic acids is 3. The van der Waals surface area contributed by atoms with Gasteiger partial charge in [0.25, 0.3) is 0 Å². The summed E-state index contributed by atoms with van der Waals surface area (Å²) in [5.41, 5.74) is 10.1. The van der Waals surface area contributed by atoms with Crippen molar-refractivity contribution in [3.63, 3.8) is 0 Å². The molecule has 7 nitrogen and oxygen atoms in total. The number of nitrogens with one attached hydrogen (secondary N) is 1. The molecule has 2 atom stereocenters. The van der Waals surface area contributed by atoms with Crippen LogP contribution in [0, 0.1) is 5.92 Å². The minimum Gasteiger partial charge on any atom is -0.368 e. The van der Waals surface area contributed by atoms with E-state index in [-0.39, 0.29) is 31.0 Å². The van der Waals surface area contributed by atoms with Crippen molar-refractivity contribution in [2.45, 2.75) is 25.8 Å². The van der Waals surface area contributed by atoms with Gasteiger partial charge in [-0.25, -0.2) is 0 Å². The summed E-state index contributed by atoms with van der Waals surface area (Å²) in [4.78, 5) is 35.2. The van der Waals surface area contributed by atoms with Crippen molar-refractivity contribution in [2.75, 3.05) is 19.6 Å². The number of nitrogens with zero attached hydrogens (tertiary/aromatic N) is 1. The summed E-state index contributed by atoms with van der Waals surface area (Å²) in [5.74, 6) is -1.79. The van der Waals surface area contributed by atoms with Crippen LogP contribution in [0.1, 0.15) is 19.8 Å². The molecule has 0 saturated carbocycles. The summed E-state index contributed by atoms with van der Waals surface area (Å²) in [6.07, 6.45) is 1.63. The molecule has 1 rings (SSSR count). The summed E-state index contributed by atoms with van der Waals surface area (Å²) in [7, 11) is 0. The van der Waals surface area contributed by atoms with Crippen molar-refractivity contribution < 1.29 is 14.4 Å². The second-order valence-corrected chi connectivity index (χ2v) is 4.62. The van der Waals surface area contributed by atoms with E-state index in [4.69, 9.17) is 11.5 Å². The lowest BCUT2D eigenvalue weighted by atomic mass is 9.90. The molecule has 1 aliphatic rings. The second kappa shape index (κ2) is 6.34. The van der Waals surface area contributed by atoms with Gasteiger partial charge < -0.3 is 21.7 Å². The van der Waals surface area contributed by atoms with Gasteiger partial charge in [-0.1, -0.05) is 0 Å². The van der Waals surface area contributed by atoms with Crippen LogP contribution in [0.5, 0.6) is 0 Å². The number of hydrogen-bond donors (Lipinski definition) is 3. The van der Waals surface area contributed by atoms with E-state index in [1.54, 1.807) is 0 Å². The molecule has 1 saturated heterocycles. The Morgan fingerprint density at radius 1 is 1.22 bits per heavy atom. The molecule has 1 aliphatic heterocycles. The highest BCUT2D eigenvalue weighted by atomic mass is 16.2. The summed E-state index contributed by atoms with van der Waals surface area (Å²) in [6.45, 7) is 2.24. The molecule has 1 heterocycles. The van der Waals surface area contributed by atoms with Gasteiger partial charge in [0.2, 0.25) is 17.7 Å². The Bertz CT molecular complexity index is 329. The van der Waals surface area contributed by atoms with E-state index in [9.17, 15) is 14.4 Å². The van der Waals surface area contributed by atoms with Crippen LogP contribution >= 0.6 is 0 Å². The van der Waals surface area contributed by atoms with E-state index < -0.39 is 11.8 Å². The van der Waals surface area contributed by atoms with Crippen LogP contribution in [0.15, 0.2) is 0 Å². The zero-order valence-corrected chi connectivity index (χ0v) is 10.5. The minimum absolute atomic E-state index is 0.0227. The third kappa shape index (κ3) is 3.99. The molecule has 0 radical (unpaired) electrons. The summed E-state index contributed by atoms with van der Waals surface area (Å²) >= 11 is 0. The predicted molar refractivity (Wildman–Crippen MR) is 65.2 cm³/mol. The zero-order chi connectivity index (χ0) is 13.7. The molecule has 18 heavy (non-hydrogen) atoms. The van der Waals surface area contributed by atoms with E-state index in [1.807, 2.05) is 6.92 Å². The Kier molecular flexibility index (Phi) is 5.08. The lowest BCUT2D eigenvalue weighted by molar-refractivity contribution is -0.142. The lowest BCUT2D eigenvalue weighted by Crippen LogP contribution is -2.51. The Balaban J connectivity index is 2.73. The minimum atomic E-state index is -0.652. The number of primary amides is 2. The van der Waals surface area contributed by atoms with Crippen LogP contribution in [0.25, 0.3) is 0 Å². The molecule has 2 unspecified atom stereocenters. The van der Waals surface area contributed by atoms with Crippen molar-refractivity contribution in [3.05, 3.63) is 0 Å². The fraction of sp³-hybridized carbons (Fsp3) is 0.727. The normalized spacial score (nSPS) is 23.4. The first kappa shape index (κ1) is 14.4. The van der Waals surface area contributed by atoms with Gasteiger partial charge in [0.05, 0.1) is 19.0 Å². The molecule has 0 spiro atoms. The first-order valence-electron chi connectivity index (χ1n) is 6.00. The molecule has 0 aromatic heterocycles. The molecule has 7 heteroatoms. The van der Waals surface area contributed by atoms with Gasteiger partial charge in [-0.2, -0.15) is 0 Å². The van der Waals surface area contributed by atoms with Gasteiger partial charge in [0.1, 0.15) is 0 Å². The number of rotatable bonds is 5. The summed E-state index contributed by atoms with van der Waals surface area (Å²) in [6, 6.07) is 0.0227. The fourth-order valence-corrected chi connectivity index (χ4v) is 2.20. The van der Waals surface area contributed by atoms with Crippen LogP contribution in [0.2, 0.25) is 0 Å². The van der Waals surface area contributed by atoms with E-state index >= 15 is 0 Å². The Hall–Kier alpha value is -1.63. The summed E-state index contributed by atoms with van der Waals surface area (Å²) < 4.78 is 0. The molecule has 0 aromatic rings. The van der Waals surface area contributed by atoms with Gasteiger partial charge >= 0.3 is 0 Å². The average molecular weight is 256 g/mol. The van der Waals surface area contributed by atoms with Crippen LogP contribution in [-0.4, -0.2) is 48.3 Å². The molecule has 5 N–H and O–H groups in total. The SMILES string of the molecule is CC1NCCCC1C(=O)N(CC(N)=O)CC(N)=O. The van der Waals surface area contributed by atoms with E-state index in [2.05, 4.69) is 5.32 Å². The number of piperidine rings is 1. The van der Waals surface area contributed by atoms with Gasteiger partial charge in [-0.15, -0.1) is 0 Å². The van der Waals surface area contributed by atoms with E-state index in [0.29, 0.717) is 0 Å². The van der Waals surface area contributed by atoms with Crippen molar-refractivity contribution in [1.29, 1.82) is 0 Å². The molecule has 102 valence electrons. The highest BCUT2D eigenvalue weighted by Crippen LogP contribution is 2.18. The molecular formula is C11H20N4O3. The summed E-state index contributed by atoms with van der Waals surface area (Å²) in [5, 5.41) is 3.19. The van der Waals surface area contributed by atoms with Gasteiger partial charge in [0, 0.05) is 6.04 Å². The standard InChI is InChI=1S/C11H20N4O3/c1-7-8(3-2-4-14-7)11(18)15(5-9(12)16)6-10(13)17/h7-8,14H,2-6H2,1H3,(H2,12,16)(H2,13,17). The number of hydrogen-bond acceptors (Lipinski definition) is 4. The Morgan fingerprint density at radius 3 is 2.22 bits per heavy atom. The number of nitrogens with two attached hydrogens (primary N) is 2.